The van der Waals surface area contributed by atoms with Crippen LogP contribution in [-0.4, -0.2) is 36.3 Å². The molecule has 0 aromatic carbocycles. The van der Waals surface area contributed by atoms with Crippen LogP contribution >= 0.6 is 12.6 Å². The van der Waals surface area contributed by atoms with Crippen LogP contribution in [0.3, 0.4) is 0 Å². The molecule has 4 heteroatoms. The number of hydrogen-bond donors (Lipinski definition) is 2. The maximum atomic E-state index is 11.8. The summed E-state index contributed by atoms with van der Waals surface area (Å²) in [6.07, 6.45) is 1.85. The predicted molar refractivity (Wildman–Crippen MR) is 61.4 cm³/mol. The number of thiol groups is 1. The SMILES string of the molecule is CC(S)N[C@H]1C[C@](C)(C(=O)N(C)C)C1. The minimum absolute atomic E-state index is 0.149. The fourth-order valence-electron chi connectivity index (χ4n) is 2.20. The van der Waals surface area contributed by atoms with Gasteiger partial charge in [0.25, 0.3) is 0 Å². The van der Waals surface area contributed by atoms with Crippen molar-refractivity contribution in [3.8, 4) is 0 Å². The van der Waals surface area contributed by atoms with Crippen LogP contribution in [0.2, 0.25) is 0 Å². The average molecular weight is 216 g/mol. The molecular formula is C10H20N2OS. The molecule has 1 rings (SSSR count). The zero-order chi connectivity index (χ0) is 10.9. The molecular weight excluding hydrogens is 196 g/mol. The number of amides is 1. The van der Waals surface area contributed by atoms with E-state index in [1.54, 1.807) is 4.90 Å². The lowest BCUT2D eigenvalue weighted by Gasteiger charge is -2.46. The van der Waals surface area contributed by atoms with Gasteiger partial charge in [-0.25, -0.2) is 0 Å². The van der Waals surface area contributed by atoms with E-state index in [-0.39, 0.29) is 16.7 Å². The van der Waals surface area contributed by atoms with Crippen LogP contribution in [0.4, 0.5) is 0 Å². The molecule has 1 amide bonds. The summed E-state index contributed by atoms with van der Waals surface area (Å²) in [6.45, 7) is 4.04. The van der Waals surface area contributed by atoms with Crippen molar-refractivity contribution in [3.05, 3.63) is 0 Å². The van der Waals surface area contributed by atoms with E-state index in [1.807, 2.05) is 27.9 Å². The molecule has 0 aromatic rings. The third-order valence-electron chi connectivity index (χ3n) is 2.79. The predicted octanol–water partition coefficient (Wildman–Crippen LogP) is 1.11. The van der Waals surface area contributed by atoms with E-state index in [9.17, 15) is 4.79 Å². The highest BCUT2D eigenvalue weighted by molar-refractivity contribution is 7.80. The molecule has 82 valence electrons. The summed E-state index contributed by atoms with van der Waals surface area (Å²) in [5, 5.41) is 3.53. The number of nitrogens with zero attached hydrogens (tertiary/aromatic N) is 1. The Hall–Kier alpha value is -0.220. The van der Waals surface area contributed by atoms with E-state index >= 15 is 0 Å². The monoisotopic (exact) mass is 216 g/mol. The highest BCUT2D eigenvalue weighted by Gasteiger charge is 2.46. The summed E-state index contributed by atoms with van der Waals surface area (Å²) in [7, 11) is 3.63. The van der Waals surface area contributed by atoms with Gasteiger partial charge >= 0.3 is 0 Å². The van der Waals surface area contributed by atoms with Gasteiger partial charge in [-0.15, -0.1) is 0 Å². The van der Waals surface area contributed by atoms with Crippen LogP contribution in [-0.2, 0) is 4.79 Å². The van der Waals surface area contributed by atoms with Gasteiger partial charge in [-0.2, -0.15) is 12.6 Å². The molecule has 0 aromatic heterocycles. The van der Waals surface area contributed by atoms with E-state index in [0.29, 0.717) is 6.04 Å². The number of carbonyl (C=O) groups excluding carboxylic acids is 1. The summed E-state index contributed by atoms with van der Waals surface area (Å²) < 4.78 is 0. The molecule has 1 atom stereocenters. The van der Waals surface area contributed by atoms with Crippen LogP contribution in [0.1, 0.15) is 26.7 Å². The lowest BCUT2D eigenvalue weighted by atomic mass is 9.66. The molecule has 1 aliphatic carbocycles. The number of carbonyl (C=O) groups is 1. The molecule has 1 saturated carbocycles. The molecule has 1 fully saturated rings. The van der Waals surface area contributed by atoms with Crippen LogP contribution in [0.25, 0.3) is 0 Å². The van der Waals surface area contributed by atoms with Gasteiger partial charge in [0.05, 0.1) is 0 Å². The molecule has 0 saturated heterocycles. The van der Waals surface area contributed by atoms with Crippen molar-refractivity contribution in [2.75, 3.05) is 14.1 Å². The first-order chi connectivity index (χ1) is 6.35. The van der Waals surface area contributed by atoms with Crippen molar-refractivity contribution in [2.45, 2.75) is 38.1 Å². The van der Waals surface area contributed by atoms with Gasteiger partial charge in [-0.05, 0) is 19.8 Å². The van der Waals surface area contributed by atoms with Gasteiger partial charge in [-0.3, -0.25) is 4.79 Å². The van der Waals surface area contributed by atoms with E-state index < -0.39 is 0 Å². The standard InChI is InChI=1S/C10H20N2OS/c1-7(14)11-8-5-10(2,6-8)9(13)12(3)4/h7-8,11,14H,5-6H2,1-4H3/t7?,8-,10-. The fourth-order valence-corrected chi connectivity index (χ4v) is 2.41. The quantitative estimate of drug-likeness (QED) is 0.547. The first-order valence-corrected chi connectivity index (χ1v) is 5.53. The first kappa shape index (κ1) is 11.9. The minimum Gasteiger partial charge on any atom is -0.348 e. The molecule has 1 unspecified atom stereocenters. The number of rotatable bonds is 3. The highest BCUT2D eigenvalue weighted by Crippen LogP contribution is 2.42. The van der Waals surface area contributed by atoms with Crippen LogP contribution in [0.5, 0.6) is 0 Å². The second kappa shape index (κ2) is 4.11. The topological polar surface area (TPSA) is 32.3 Å². The van der Waals surface area contributed by atoms with E-state index in [4.69, 9.17) is 0 Å². The number of hydrogen-bond acceptors (Lipinski definition) is 3. The summed E-state index contributed by atoms with van der Waals surface area (Å²) >= 11 is 4.27. The maximum Gasteiger partial charge on any atom is 0.228 e. The summed E-state index contributed by atoms with van der Waals surface area (Å²) in [5.74, 6) is 0.238. The van der Waals surface area contributed by atoms with Crippen molar-refractivity contribution >= 4 is 18.5 Å². The Morgan fingerprint density at radius 3 is 2.43 bits per heavy atom. The van der Waals surface area contributed by atoms with Crippen LogP contribution in [0, 0.1) is 5.41 Å². The lowest BCUT2D eigenvalue weighted by molar-refractivity contribution is -0.144. The van der Waals surface area contributed by atoms with Crippen LogP contribution < -0.4 is 5.32 Å². The van der Waals surface area contributed by atoms with Gasteiger partial charge in [0.15, 0.2) is 0 Å². The average Bonchev–Trinajstić information content (AvgIpc) is 1.98. The molecule has 0 spiro atoms. The Morgan fingerprint density at radius 1 is 1.57 bits per heavy atom. The van der Waals surface area contributed by atoms with Gasteiger partial charge in [0, 0.05) is 30.9 Å². The Labute approximate surface area is 91.6 Å². The Morgan fingerprint density at radius 2 is 2.07 bits per heavy atom. The Bertz CT molecular complexity index is 222. The maximum absolute atomic E-state index is 11.8. The summed E-state index contributed by atoms with van der Waals surface area (Å²) in [6, 6.07) is 0.455. The van der Waals surface area contributed by atoms with Crippen molar-refractivity contribution in [1.82, 2.24) is 10.2 Å². The van der Waals surface area contributed by atoms with Crippen molar-refractivity contribution < 1.29 is 4.79 Å². The summed E-state index contributed by atoms with van der Waals surface area (Å²) in [4.78, 5) is 13.4. The molecule has 0 radical (unpaired) electrons. The molecule has 0 bridgehead atoms. The van der Waals surface area contributed by atoms with E-state index in [1.165, 1.54) is 0 Å². The zero-order valence-electron chi connectivity index (χ0n) is 9.37. The molecule has 3 nitrogen and oxygen atoms in total. The summed E-state index contributed by atoms with van der Waals surface area (Å²) in [5.41, 5.74) is -0.149. The zero-order valence-corrected chi connectivity index (χ0v) is 10.3. The third kappa shape index (κ3) is 2.42. The lowest BCUT2D eigenvalue weighted by Crippen LogP contribution is -2.55. The van der Waals surface area contributed by atoms with Gasteiger partial charge < -0.3 is 10.2 Å². The fraction of sp³-hybridized carbons (Fsp3) is 0.900. The van der Waals surface area contributed by atoms with Crippen molar-refractivity contribution in [1.29, 1.82) is 0 Å². The van der Waals surface area contributed by atoms with Crippen molar-refractivity contribution in [3.63, 3.8) is 0 Å². The largest absolute Gasteiger partial charge is 0.348 e. The second-order valence-electron chi connectivity index (χ2n) is 4.71. The Balaban J connectivity index is 2.41. The molecule has 0 heterocycles. The molecule has 1 aliphatic rings. The molecule has 1 N–H and O–H groups in total. The number of nitrogens with one attached hydrogen (secondary N) is 1. The smallest absolute Gasteiger partial charge is 0.228 e. The van der Waals surface area contributed by atoms with Crippen molar-refractivity contribution in [2.24, 2.45) is 5.41 Å². The minimum atomic E-state index is -0.149. The molecule has 14 heavy (non-hydrogen) atoms. The van der Waals surface area contributed by atoms with E-state index in [0.717, 1.165) is 12.8 Å². The van der Waals surface area contributed by atoms with Gasteiger partial charge in [0.1, 0.15) is 0 Å². The van der Waals surface area contributed by atoms with E-state index in [2.05, 4.69) is 17.9 Å². The van der Waals surface area contributed by atoms with Gasteiger partial charge in [0.2, 0.25) is 5.91 Å². The molecule has 0 aliphatic heterocycles. The van der Waals surface area contributed by atoms with Gasteiger partial charge in [-0.1, -0.05) is 6.92 Å². The highest BCUT2D eigenvalue weighted by atomic mass is 32.1. The Kier molecular flexibility index (Phi) is 3.48. The van der Waals surface area contributed by atoms with Crippen LogP contribution in [0.15, 0.2) is 0 Å². The third-order valence-corrected chi connectivity index (χ3v) is 2.94. The normalized spacial score (nSPS) is 33.4. The second-order valence-corrected chi connectivity index (χ2v) is 5.48. The first-order valence-electron chi connectivity index (χ1n) is 5.01.